The van der Waals surface area contributed by atoms with Crippen molar-refractivity contribution in [3.63, 3.8) is 0 Å². The fraction of sp³-hybridized carbons (Fsp3) is 0.757. The SMILES string of the molecule is C=C(C)[C@H]1O[C@H]2CC[C@@]3(C)[C@@](O)(CC[C@H]4[C@@H]5OC(C)(C)[C@H]6C[C@@H]7C(C)C(=O)c8ccc9c(c8[C@@H]76)C5C(N9)[C@@]43C)[C@]23O[C@@H]3[C@H]1O. The minimum Gasteiger partial charge on any atom is -0.387 e. The smallest absolute Gasteiger partial charge is 0.166 e. The maximum Gasteiger partial charge on any atom is 0.166 e. The van der Waals surface area contributed by atoms with Gasteiger partial charge < -0.3 is 29.7 Å². The van der Waals surface area contributed by atoms with E-state index in [9.17, 15) is 15.0 Å². The molecule has 0 radical (unpaired) electrons. The molecule has 3 unspecified atom stereocenters. The van der Waals surface area contributed by atoms with Crippen LogP contribution in [0.25, 0.3) is 0 Å². The summed E-state index contributed by atoms with van der Waals surface area (Å²) in [6.45, 7) is 17.4. The zero-order valence-electron chi connectivity index (χ0n) is 26.9. The Morgan fingerprint density at radius 1 is 1.05 bits per heavy atom. The van der Waals surface area contributed by atoms with E-state index in [2.05, 4.69) is 58.6 Å². The Bertz CT molecular complexity index is 1570. The number of ether oxygens (including phenoxy) is 3. The van der Waals surface area contributed by atoms with Crippen LogP contribution in [0.4, 0.5) is 5.69 Å². The van der Waals surface area contributed by atoms with Gasteiger partial charge in [0.15, 0.2) is 11.4 Å². The normalized spacial score (nSPS) is 57.7. The van der Waals surface area contributed by atoms with Crippen LogP contribution in [0.1, 0.15) is 107 Å². The number of hydrogen-bond donors (Lipinski definition) is 3. The fourth-order valence-corrected chi connectivity index (χ4v) is 13.6. The molecule has 1 aromatic rings. The standard InChI is InChI=1S/C37H47NO6/c1-15(2)29-28(40)32-37(44-32)22(42-29)11-12-34(6)35(7)19(10-13-36(34,37)41)30-26-25-21(38-31(26)35)9-8-17-24(25)23-18(16(3)27(17)39)14-20(23)33(4,5)43-30/h8-9,16,18-20,22-23,26,28-32,38,40-41H,1,10-14H2,2-7H3/t16?,18-,19+,20+,22+,23+,26?,28+,29-,30+,31?,32-,34-,35-,36+,37+/m1/s1. The number of rotatable bonds is 1. The first kappa shape index (κ1) is 27.4. The predicted molar refractivity (Wildman–Crippen MR) is 164 cm³/mol. The molecule has 10 rings (SSSR count). The average Bonchev–Trinajstić information content (AvgIpc) is 3.53. The van der Waals surface area contributed by atoms with Crippen molar-refractivity contribution >= 4 is 11.5 Å². The number of Topliss-reactive ketones (excluding diaryl/α,β-unsaturated/α-hetero) is 1. The zero-order valence-corrected chi connectivity index (χ0v) is 26.9. The number of anilines is 1. The lowest BCUT2D eigenvalue weighted by molar-refractivity contribution is -0.287. The van der Waals surface area contributed by atoms with Crippen LogP contribution in [0.5, 0.6) is 0 Å². The van der Waals surface area contributed by atoms with Gasteiger partial charge in [-0.25, -0.2) is 0 Å². The average molecular weight is 602 g/mol. The van der Waals surface area contributed by atoms with Crippen LogP contribution in [-0.4, -0.2) is 69.4 Å². The Morgan fingerprint density at radius 3 is 2.57 bits per heavy atom. The first-order chi connectivity index (χ1) is 20.7. The molecule has 44 heavy (non-hydrogen) atoms. The molecule has 4 aliphatic heterocycles. The number of benzene rings is 1. The van der Waals surface area contributed by atoms with E-state index in [4.69, 9.17) is 14.2 Å². The van der Waals surface area contributed by atoms with E-state index < -0.39 is 34.9 Å². The van der Waals surface area contributed by atoms with Crippen LogP contribution < -0.4 is 5.32 Å². The molecule has 236 valence electrons. The maximum atomic E-state index is 13.8. The van der Waals surface area contributed by atoms with Crippen molar-refractivity contribution in [1.82, 2.24) is 0 Å². The monoisotopic (exact) mass is 601 g/mol. The third-order valence-corrected chi connectivity index (χ3v) is 15.9. The molecule has 6 fully saturated rings. The maximum absolute atomic E-state index is 13.8. The first-order valence-electron chi connectivity index (χ1n) is 17.3. The highest BCUT2D eigenvalue weighted by atomic mass is 16.7. The van der Waals surface area contributed by atoms with Crippen LogP contribution in [-0.2, 0) is 14.2 Å². The molecular formula is C37H47NO6. The second-order valence-electron chi connectivity index (χ2n) is 17.4. The summed E-state index contributed by atoms with van der Waals surface area (Å²) in [5.41, 5.74) is 2.30. The summed E-state index contributed by atoms with van der Waals surface area (Å²) in [6.07, 6.45) is 1.96. The number of nitrogens with one attached hydrogen (secondary N) is 1. The van der Waals surface area contributed by atoms with Crippen LogP contribution in [0, 0.1) is 34.5 Å². The van der Waals surface area contributed by atoms with Crippen LogP contribution in [0.15, 0.2) is 24.3 Å². The second kappa shape index (κ2) is 7.68. The first-order valence-corrected chi connectivity index (χ1v) is 17.3. The highest BCUT2D eigenvalue weighted by Gasteiger charge is 2.88. The van der Waals surface area contributed by atoms with Gasteiger partial charge in [0, 0.05) is 40.0 Å². The summed E-state index contributed by atoms with van der Waals surface area (Å²) in [7, 11) is 0. The molecule has 4 heterocycles. The number of carbonyl (C=O) groups excluding carboxylic acids is 1. The Balaban J connectivity index is 1.14. The lowest BCUT2D eigenvalue weighted by atomic mass is 9.40. The Hall–Kier alpha value is -1.77. The van der Waals surface area contributed by atoms with Gasteiger partial charge in [-0.2, -0.15) is 0 Å². The van der Waals surface area contributed by atoms with E-state index in [1.54, 1.807) is 0 Å². The summed E-state index contributed by atoms with van der Waals surface area (Å²) in [5, 5.41) is 28.6. The third-order valence-electron chi connectivity index (χ3n) is 15.9. The molecule has 0 bridgehead atoms. The number of carbonyl (C=O) groups is 1. The van der Waals surface area contributed by atoms with Crippen molar-refractivity contribution in [3.05, 3.63) is 41.0 Å². The molecule has 0 aromatic heterocycles. The number of epoxide rings is 1. The number of aliphatic hydroxyl groups excluding tert-OH is 1. The van der Waals surface area contributed by atoms with Crippen molar-refractivity contribution in [3.8, 4) is 0 Å². The van der Waals surface area contributed by atoms with E-state index in [0.29, 0.717) is 30.0 Å². The predicted octanol–water partition coefficient (Wildman–Crippen LogP) is 5.10. The quantitative estimate of drug-likeness (QED) is 0.304. The van der Waals surface area contributed by atoms with E-state index in [1.165, 1.54) is 11.1 Å². The van der Waals surface area contributed by atoms with Gasteiger partial charge in [0.25, 0.3) is 0 Å². The minimum absolute atomic E-state index is 0.0109. The van der Waals surface area contributed by atoms with Gasteiger partial charge in [-0.05, 0) is 105 Å². The Labute approximate surface area is 260 Å². The summed E-state index contributed by atoms with van der Waals surface area (Å²) in [6, 6.07) is 4.31. The van der Waals surface area contributed by atoms with E-state index in [1.807, 2.05) is 6.92 Å². The lowest BCUT2D eigenvalue weighted by Crippen LogP contribution is -2.76. The van der Waals surface area contributed by atoms with Gasteiger partial charge in [0.2, 0.25) is 0 Å². The highest BCUT2D eigenvalue weighted by Crippen LogP contribution is 2.79. The zero-order chi connectivity index (χ0) is 30.7. The van der Waals surface area contributed by atoms with Gasteiger partial charge in [-0.15, -0.1) is 0 Å². The lowest BCUT2D eigenvalue weighted by Gasteiger charge is -2.67. The van der Waals surface area contributed by atoms with Gasteiger partial charge >= 0.3 is 0 Å². The van der Waals surface area contributed by atoms with Crippen LogP contribution >= 0.6 is 0 Å². The summed E-state index contributed by atoms with van der Waals surface area (Å²) in [5.74, 6) is 1.82. The molecule has 1 aromatic carbocycles. The number of ketones is 1. The van der Waals surface area contributed by atoms with Crippen molar-refractivity contribution < 1.29 is 29.2 Å². The molecule has 1 spiro atoms. The molecule has 3 N–H and O–H groups in total. The van der Waals surface area contributed by atoms with E-state index >= 15 is 0 Å². The van der Waals surface area contributed by atoms with Crippen LogP contribution in [0.2, 0.25) is 0 Å². The van der Waals surface area contributed by atoms with E-state index in [-0.39, 0.29) is 47.0 Å². The summed E-state index contributed by atoms with van der Waals surface area (Å²) >= 11 is 0. The molecule has 4 saturated carbocycles. The molecular weight excluding hydrogens is 554 g/mol. The summed E-state index contributed by atoms with van der Waals surface area (Å²) in [4.78, 5) is 13.8. The molecule has 2 saturated heterocycles. The molecule has 5 aliphatic carbocycles. The van der Waals surface area contributed by atoms with Gasteiger partial charge in [-0.3, -0.25) is 4.79 Å². The second-order valence-corrected chi connectivity index (χ2v) is 17.4. The third kappa shape index (κ3) is 2.54. The molecule has 7 nitrogen and oxygen atoms in total. The molecule has 9 aliphatic rings. The van der Waals surface area contributed by atoms with Gasteiger partial charge in [-0.1, -0.05) is 27.4 Å². The van der Waals surface area contributed by atoms with Crippen molar-refractivity contribution in [2.45, 2.75) is 139 Å². The van der Waals surface area contributed by atoms with Crippen LogP contribution in [0.3, 0.4) is 0 Å². The van der Waals surface area contributed by atoms with Gasteiger partial charge in [0.1, 0.15) is 23.9 Å². The fourth-order valence-electron chi connectivity index (χ4n) is 13.6. The topological polar surface area (TPSA) is 101 Å². The van der Waals surface area contributed by atoms with Crippen molar-refractivity contribution in [2.75, 3.05) is 5.32 Å². The summed E-state index contributed by atoms with van der Waals surface area (Å²) < 4.78 is 20.5. The number of hydrogen-bond acceptors (Lipinski definition) is 7. The number of fused-ring (bicyclic) bond motifs is 5. The Morgan fingerprint density at radius 2 is 1.82 bits per heavy atom. The number of aliphatic hydroxyl groups is 2. The highest BCUT2D eigenvalue weighted by molar-refractivity contribution is 6.02. The Kier molecular flexibility index (Phi) is 4.77. The minimum atomic E-state index is -1.17. The van der Waals surface area contributed by atoms with Crippen molar-refractivity contribution in [1.29, 1.82) is 0 Å². The van der Waals surface area contributed by atoms with Gasteiger partial charge in [0.05, 0.1) is 17.8 Å². The van der Waals surface area contributed by atoms with Crippen molar-refractivity contribution in [2.24, 2.45) is 34.5 Å². The largest absolute Gasteiger partial charge is 0.387 e. The molecule has 16 atom stereocenters. The van der Waals surface area contributed by atoms with E-state index in [0.717, 1.165) is 42.5 Å². The molecule has 7 heteroatoms. The molecule has 0 amide bonds.